The van der Waals surface area contributed by atoms with E-state index in [0.29, 0.717) is 0 Å². The zero-order valence-corrected chi connectivity index (χ0v) is 7.40. The molecule has 0 aromatic carbocycles. The average molecular weight is 182 g/mol. The van der Waals surface area contributed by atoms with Crippen molar-refractivity contribution in [2.45, 2.75) is 25.0 Å². The summed E-state index contributed by atoms with van der Waals surface area (Å²) in [6, 6.07) is 0. The highest BCUT2D eigenvalue weighted by Crippen LogP contribution is 2.43. The summed E-state index contributed by atoms with van der Waals surface area (Å²) >= 11 is 0. The van der Waals surface area contributed by atoms with Gasteiger partial charge in [-0.1, -0.05) is 0 Å². The van der Waals surface area contributed by atoms with Gasteiger partial charge < -0.3 is 14.6 Å². The number of carboxylic acids is 1. The molecule has 2 bridgehead atoms. The van der Waals surface area contributed by atoms with Gasteiger partial charge in [0.2, 0.25) is 0 Å². The van der Waals surface area contributed by atoms with Crippen LogP contribution in [0.25, 0.3) is 0 Å². The second kappa shape index (κ2) is 2.84. The molecule has 2 heterocycles. The van der Waals surface area contributed by atoms with Gasteiger partial charge >= 0.3 is 5.97 Å². The summed E-state index contributed by atoms with van der Waals surface area (Å²) in [5.74, 6) is -1.90. The van der Waals surface area contributed by atoms with Gasteiger partial charge in [0.15, 0.2) is 7.85 Å². The normalized spacial score (nSPS) is 42.2. The molecule has 4 nitrogen and oxygen atoms in total. The third-order valence-corrected chi connectivity index (χ3v) is 3.03. The molecular weight excluding hydrogens is 171 g/mol. The topological polar surface area (TPSA) is 63.6 Å². The minimum Gasteiger partial charge on any atom is -0.481 e. The van der Waals surface area contributed by atoms with Crippen molar-refractivity contribution in [1.29, 1.82) is 0 Å². The molecule has 4 atom stereocenters. The summed E-state index contributed by atoms with van der Waals surface area (Å²) in [6.07, 6.45) is 1.25. The standard InChI is InChI=1S/C8H11BO4/c9-7(10)5-3-1-2-4(13-3)6(5)8(11)12/h3-6H,1-2,9H2,(H,11,12)/t3-,4+,5?,6?/m0/s1. The van der Waals surface area contributed by atoms with Crippen molar-refractivity contribution in [3.63, 3.8) is 0 Å². The summed E-state index contributed by atoms with van der Waals surface area (Å²) in [5.41, 5.74) is -0.0559. The Bertz CT molecular complexity index is 239. The molecule has 0 amide bonds. The molecule has 1 N–H and O–H groups in total. The van der Waals surface area contributed by atoms with Gasteiger partial charge in [-0.05, 0) is 12.8 Å². The first-order valence-electron chi connectivity index (χ1n) is 4.50. The van der Waals surface area contributed by atoms with Crippen LogP contribution in [0, 0.1) is 11.8 Å². The quantitative estimate of drug-likeness (QED) is 0.557. The minimum absolute atomic E-state index is 0.0559. The van der Waals surface area contributed by atoms with Crippen LogP contribution in [0.15, 0.2) is 0 Å². The third kappa shape index (κ3) is 1.18. The van der Waals surface area contributed by atoms with Gasteiger partial charge in [-0.3, -0.25) is 4.79 Å². The van der Waals surface area contributed by atoms with E-state index in [1.807, 2.05) is 0 Å². The summed E-state index contributed by atoms with van der Waals surface area (Å²) in [6.45, 7) is 0. The average Bonchev–Trinajstić information content (AvgIpc) is 2.60. The molecule has 2 saturated heterocycles. The Morgan fingerprint density at radius 3 is 2.15 bits per heavy atom. The highest BCUT2D eigenvalue weighted by Gasteiger charge is 2.53. The Hall–Kier alpha value is -0.835. The Morgan fingerprint density at radius 1 is 1.23 bits per heavy atom. The molecule has 2 fully saturated rings. The summed E-state index contributed by atoms with van der Waals surface area (Å²) < 4.78 is 5.42. The molecule has 5 heteroatoms. The van der Waals surface area contributed by atoms with Crippen LogP contribution in [-0.2, 0) is 14.3 Å². The second-order valence-electron chi connectivity index (χ2n) is 3.79. The molecule has 13 heavy (non-hydrogen) atoms. The lowest BCUT2D eigenvalue weighted by molar-refractivity contribution is -0.146. The Kier molecular flexibility index (Phi) is 1.91. The summed E-state index contributed by atoms with van der Waals surface area (Å²) in [7, 11) is 1.45. The lowest BCUT2D eigenvalue weighted by Crippen LogP contribution is -2.38. The first-order chi connectivity index (χ1) is 6.11. The minimum atomic E-state index is -0.896. The van der Waals surface area contributed by atoms with E-state index < -0.39 is 17.8 Å². The van der Waals surface area contributed by atoms with Crippen LogP contribution in [0.2, 0.25) is 0 Å². The number of aliphatic carboxylic acids is 1. The number of fused-ring (bicyclic) bond motifs is 2. The van der Waals surface area contributed by atoms with E-state index in [1.165, 1.54) is 7.85 Å². The predicted molar refractivity (Wildman–Crippen MR) is 46.1 cm³/mol. The van der Waals surface area contributed by atoms with E-state index in [-0.39, 0.29) is 17.9 Å². The van der Waals surface area contributed by atoms with E-state index in [0.717, 1.165) is 12.8 Å². The van der Waals surface area contributed by atoms with Crippen molar-refractivity contribution in [2.24, 2.45) is 11.8 Å². The molecule has 2 unspecified atom stereocenters. The molecule has 0 radical (unpaired) electrons. The first kappa shape index (κ1) is 8.75. The Morgan fingerprint density at radius 2 is 1.77 bits per heavy atom. The number of hydrogen-bond acceptors (Lipinski definition) is 3. The van der Waals surface area contributed by atoms with Crippen molar-refractivity contribution in [3.05, 3.63) is 0 Å². The smallest absolute Gasteiger partial charge is 0.309 e. The van der Waals surface area contributed by atoms with E-state index >= 15 is 0 Å². The Labute approximate surface area is 76.7 Å². The number of rotatable bonds is 2. The molecule has 0 spiro atoms. The molecule has 0 saturated carbocycles. The van der Waals surface area contributed by atoms with Crippen LogP contribution in [0.3, 0.4) is 0 Å². The number of ether oxygens (including phenoxy) is 1. The van der Waals surface area contributed by atoms with Crippen LogP contribution < -0.4 is 0 Å². The highest BCUT2D eigenvalue weighted by molar-refractivity contribution is 6.58. The van der Waals surface area contributed by atoms with Crippen LogP contribution >= 0.6 is 0 Å². The van der Waals surface area contributed by atoms with Crippen molar-refractivity contribution in [2.75, 3.05) is 0 Å². The van der Waals surface area contributed by atoms with Gasteiger partial charge in [-0.15, -0.1) is 0 Å². The second-order valence-corrected chi connectivity index (χ2v) is 3.79. The molecule has 2 rings (SSSR count). The molecular formula is C8H11BO4. The van der Waals surface area contributed by atoms with Gasteiger partial charge in [0.1, 0.15) is 0 Å². The fraction of sp³-hybridized carbons (Fsp3) is 0.750. The lowest BCUT2D eigenvalue weighted by Gasteiger charge is -2.22. The van der Waals surface area contributed by atoms with Crippen LogP contribution in [0.1, 0.15) is 12.8 Å². The number of hydrogen-bond donors (Lipinski definition) is 1. The maximum atomic E-state index is 11.2. The van der Waals surface area contributed by atoms with Gasteiger partial charge in [0.05, 0.1) is 23.8 Å². The van der Waals surface area contributed by atoms with Gasteiger partial charge in [-0.2, -0.15) is 0 Å². The van der Waals surface area contributed by atoms with Crippen molar-refractivity contribution in [1.82, 2.24) is 0 Å². The fourth-order valence-electron chi connectivity index (χ4n) is 2.51. The van der Waals surface area contributed by atoms with Gasteiger partial charge in [0.25, 0.3) is 0 Å². The van der Waals surface area contributed by atoms with Crippen LogP contribution in [0.5, 0.6) is 0 Å². The van der Waals surface area contributed by atoms with E-state index in [9.17, 15) is 9.59 Å². The van der Waals surface area contributed by atoms with Crippen LogP contribution in [-0.4, -0.2) is 36.8 Å². The molecule has 0 aromatic heterocycles. The van der Waals surface area contributed by atoms with Gasteiger partial charge in [-0.25, -0.2) is 0 Å². The van der Waals surface area contributed by atoms with E-state index in [2.05, 4.69) is 0 Å². The molecule has 2 aliphatic heterocycles. The zero-order valence-electron chi connectivity index (χ0n) is 7.40. The molecule has 0 aliphatic carbocycles. The van der Waals surface area contributed by atoms with Crippen molar-refractivity contribution < 1.29 is 19.4 Å². The maximum absolute atomic E-state index is 11.2. The summed E-state index contributed by atoms with van der Waals surface area (Å²) in [5, 5.41) is 8.92. The summed E-state index contributed by atoms with van der Waals surface area (Å²) in [4.78, 5) is 22.1. The first-order valence-corrected chi connectivity index (χ1v) is 4.50. The van der Waals surface area contributed by atoms with Crippen molar-refractivity contribution in [3.8, 4) is 0 Å². The number of carbonyl (C=O) groups excluding carboxylic acids is 1. The largest absolute Gasteiger partial charge is 0.481 e. The van der Waals surface area contributed by atoms with Crippen molar-refractivity contribution >= 4 is 19.5 Å². The number of carbonyl (C=O) groups is 2. The molecule has 0 aromatic rings. The third-order valence-electron chi connectivity index (χ3n) is 3.03. The van der Waals surface area contributed by atoms with E-state index in [4.69, 9.17) is 9.84 Å². The predicted octanol–water partition coefficient (Wildman–Crippen LogP) is -0.976. The number of carboxylic acid groups (broad SMARTS) is 1. The van der Waals surface area contributed by atoms with Crippen LogP contribution in [0.4, 0.5) is 0 Å². The molecule has 70 valence electrons. The van der Waals surface area contributed by atoms with Gasteiger partial charge in [0, 0.05) is 5.92 Å². The maximum Gasteiger partial charge on any atom is 0.309 e. The SMILES string of the molecule is BC(=O)C1C(C(=O)O)[C@H]2CC[C@@H]1O2. The lowest BCUT2D eigenvalue weighted by atomic mass is 9.72. The Balaban J connectivity index is 2.24. The fourth-order valence-corrected chi connectivity index (χ4v) is 2.51. The van der Waals surface area contributed by atoms with E-state index in [1.54, 1.807) is 0 Å². The molecule has 2 aliphatic rings. The zero-order chi connectivity index (χ0) is 9.59. The highest BCUT2D eigenvalue weighted by atomic mass is 16.5. The monoisotopic (exact) mass is 182 g/mol.